The van der Waals surface area contributed by atoms with Crippen molar-refractivity contribution in [3.63, 3.8) is 0 Å². The van der Waals surface area contributed by atoms with Gasteiger partial charge in [-0.3, -0.25) is 4.99 Å². The van der Waals surface area contributed by atoms with E-state index in [0.29, 0.717) is 6.54 Å². The minimum absolute atomic E-state index is 0.0282. The van der Waals surface area contributed by atoms with Gasteiger partial charge in [0.2, 0.25) is 0 Å². The van der Waals surface area contributed by atoms with Crippen LogP contribution in [-0.4, -0.2) is 15.3 Å². The summed E-state index contributed by atoms with van der Waals surface area (Å²) in [7, 11) is 1.77. The first-order valence-electron chi connectivity index (χ1n) is 7.84. The van der Waals surface area contributed by atoms with Gasteiger partial charge in [-0.15, -0.1) is 0 Å². The zero-order chi connectivity index (χ0) is 17.0. The fourth-order valence-corrected chi connectivity index (χ4v) is 2.53. The molecule has 2 heterocycles. The lowest BCUT2D eigenvalue weighted by Crippen LogP contribution is -2.30. The zero-order valence-corrected chi connectivity index (χ0v) is 14.4. The highest BCUT2D eigenvalue weighted by atomic mass is 16.1. The van der Waals surface area contributed by atoms with Crippen LogP contribution in [0.3, 0.4) is 0 Å². The normalized spacial score (nSPS) is 17.6. The molecular formula is C18H26N4O. The number of hydrogen-bond donors (Lipinski definition) is 1. The third-order valence-electron chi connectivity index (χ3n) is 3.63. The molecule has 23 heavy (non-hydrogen) atoms. The Hall–Kier alpha value is -2.30. The molecule has 0 fully saturated rings. The van der Waals surface area contributed by atoms with E-state index in [9.17, 15) is 4.79 Å². The summed E-state index contributed by atoms with van der Waals surface area (Å²) >= 11 is 0. The van der Waals surface area contributed by atoms with Crippen molar-refractivity contribution in [2.75, 3.05) is 0 Å². The average molecular weight is 314 g/mol. The highest BCUT2D eigenvalue weighted by molar-refractivity contribution is 5.70. The van der Waals surface area contributed by atoms with Gasteiger partial charge in [-0.2, -0.15) is 0 Å². The summed E-state index contributed by atoms with van der Waals surface area (Å²) < 4.78 is 3.35. The molecule has 0 radical (unpaired) electrons. The topological polar surface area (TPSA) is 65.3 Å². The van der Waals surface area contributed by atoms with Gasteiger partial charge < -0.3 is 14.9 Å². The minimum atomic E-state index is -0.0428. The van der Waals surface area contributed by atoms with Gasteiger partial charge in [0.1, 0.15) is 0 Å². The van der Waals surface area contributed by atoms with Crippen molar-refractivity contribution in [3.8, 4) is 0 Å². The number of aliphatic imine (C=N–C) groups is 1. The average Bonchev–Trinajstić information content (AvgIpc) is 2.52. The molecule has 1 aromatic heterocycles. The van der Waals surface area contributed by atoms with Crippen LogP contribution >= 0.6 is 0 Å². The monoisotopic (exact) mass is 314 g/mol. The summed E-state index contributed by atoms with van der Waals surface area (Å²) in [6, 6.07) is 5.90. The summed E-state index contributed by atoms with van der Waals surface area (Å²) in [4.78, 5) is 16.7. The van der Waals surface area contributed by atoms with Gasteiger partial charge in [-0.1, -0.05) is 26.8 Å². The van der Waals surface area contributed by atoms with E-state index in [4.69, 9.17) is 5.73 Å². The van der Waals surface area contributed by atoms with Crippen molar-refractivity contribution in [3.05, 3.63) is 58.5 Å². The van der Waals surface area contributed by atoms with E-state index in [2.05, 4.69) is 25.8 Å². The molecule has 1 aliphatic heterocycles. The Morgan fingerprint density at radius 3 is 2.70 bits per heavy atom. The summed E-state index contributed by atoms with van der Waals surface area (Å²) in [5, 5.41) is 0. The Bertz CT molecular complexity index is 730. The van der Waals surface area contributed by atoms with Crippen LogP contribution < -0.4 is 11.4 Å². The Kier molecular flexibility index (Phi) is 5.08. The van der Waals surface area contributed by atoms with Gasteiger partial charge >= 0.3 is 5.69 Å². The molecule has 0 saturated heterocycles. The maximum absolute atomic E-state index is 12.5. The molecule has 5 heteroatoms. The second kappa shape index (κ2) is 6.86. The minimum Gasteiger partial charge on any atom is -0.401 e. The molecule has 1 atom stereocenters. The molecule has 1 aromatic rings. The molecule has 1 unspecified atom stereocenters. The smallest absolute Gasteiger partial charge is 0.327 e. The van der Waals surface area contributed by atoms with Crippen molar-refractivity contribution in [1.82, 2.24) is 9.13 Å². The Morgan fingerprint density at radius 2 is 2.04 bits per heavy atom. The maximum atomic E-state index is 12.5. The number of hydrogen-bond acceptors (Lipinski definition) is 3. The van der Waals surface area contributed by atoms with E-state index in [1.165, 1.54) is 0 Å². The zero-order valence-electron chi connectivity index (χ0n) is 14.4. The van der Waals surface area contributed by atoms with Gasteiger partial charge in [0, 0.05) is 56.4 Å². The molecule has 2 rings (SSSR count). The fourth-order valence-electron chi connectivity index (χ4n) is 2.53. The second-order valence-electron chi connectivity index (χ2n) is 7.22. The van der Waals surface area contributed by atoms with E-state index in [-0.39, 0.29) is 17.0 Å². The molecule has 0 saturated carbocycles. The summed E-state index contributed by atoms with van der Waals surface area (Å²) in [6.07, 6.45) is 7.98. The fraction of sp³-hybridized carbons (Fsp3) is 0.444. The van der Waals surface area contributed by atoms with Crippen molar-refractivity contribution in [1.29, 1.82) is 0 Å². The molecule has 0 amide bonds. The van der Waals surface area contributed by atoms with Crippen LogP contribution in [0.2, 0.25) is 0 Å². The number of rotatable bonds is 2. The van der Waals surface area contributed by atoms with Gasteiger partial charge in [-0.05, 0) is 23.1 Å². The van der Waals surface area contributed by atoms with Gasteiger partial charge in [-0.25, -0.2) is 4.79 Å². The van der Waals surface area contributed by atoms with Gasteiger partial charge in [0.05, 0.1) is 0 Å². The molecule has 0 bridgehead atoms. The number of aryl methyl sites for hydroxylation is 1. The SMILES string of the molecule is Cn1ccc(C2C=NC=C(N)C2)cccn(CC(C)(C)C)c1=O. The molecule has 124 valence electrons. The van der Waals surface area contributed by atoms with Crippen LogP contribution in [0.5, 0.6) is 0 Å². The number of nitrogens with two attached hydrogens (primary N) is 1. The van der Waals surface area contributed by atoms with Crippen molar-refractivity contribution in [2.24, 2.45) is 23.2 Å². The highest BCUT2D eigenvalue weighted by Gasteiger charge is 2.13. The van der Waals surface area contributed by atoms with E-state index in [1.807, 2.05) is 30.6 Å². The number of nitrogens with zero attached hydrogens (tertiary/aromatic N) is 3. The summed E-state index contributed by atoms with van der Waals surface area (Å²) in [5.41, 5.74) is 7.72. The van der Waals surface area contributed by atoms with Crippen LogP contribution in [0.25, 0.3) is 0 Å². The Labute approximate surface area is 137 Å². The third-order valence-corrected chi connectivity index (χ3v) is 3.63. The second-order valence-corrected chi connectivity index (χ2v) is 7.22. The molecular weight excluding hydrogens is 288 g/mol. The Morgan fingerprint density at radius 1 is 1.30 bits per heavy atom. The molecule has 0 spiro atoms. The highest BCUT2D eigenvalue weighted by Crippen LogP contribution is 2.22. The van der Waals surface area contributed by atoms with Crippen LogP contribution in [-0.2, 0) is 13.6 Å². The van der Waals surface area contributed by atoms with E-state index >= 15 is 0 Å². The number of allylic oxidation sites excluding steroid dienone is 1. The summed E-state index contributed by atoms with van der Waals surface area (Å²) in [5.74, 6) is 0.138. The number of aromatic nitrogens is 2. The van der Waals surface area contributed by atoms with Crippen LogP contribution in [0.15, 0.2) is 52.3 Å². The van der Waals surface area contributed by atoms with Crippen molar-refractivity contribution in [2.45, 2.75) is 39.7 Å². The largest absolute Gasteiger partial charge is 0.401 e. The Balaban J connectivity index is 2.47. The van der Waals surface area contributed by atoms with Gasteiger partial charge in [0.25, 0.3) is 0 Å². The van der Waals surface area contributed by atoms with Gasteiger partial charge in [0.15, 0.2) is 0 Å². The first-order chi connectivity index (χ1) is 10.8. The standard InChI is InChI=1S/C18H26N4O/c1-18(2,3)13-22-8-5-6-14(7-9-21(4)17(22)23)15-10-16(19)12-20-11-15/h5-9,11-12,15H,10,13,19H2,1-4H3. The van der Waals surface area contributed by atoms with E-state index in [0.717, 1.165) is 17.7 Å². The molecule has 2 N–H and O–H groups in total. The van der Waals surface area contributed by atoms with E-state index in [1.54, 1.807) is 28.6 Å². The first-order valence-corrected chi connectivity index (χ1v) is 7.84. The van der Waals surface area contributed by atoms with Crippen molar-refractivity contribution < 1.29 is 0 Å². The maximum Gasteiger partial charge on any atom is 0.327 e. The quantitative estimate of drug-likeness (QED) is 0.912. The van der Waals surface area contributed by atoms with E-state index < -0.39 is 0 Å². The lowest BCUT2D eigenvalue weighted by Gasteiger charge is -2.19. The molecule has 5 nitrogen and oxygen atoms in total. The third kappa shape index (κ3) is 4.84. The molecule has 1 aliphatic rings. The lowest BCUT2D eigenvalue weighted by atomic mass is 9.95. The molecule has 0 aliphatic carbocycles. The van der Waals surface area contributed by atoms with Crippen LogP contribution in [0.4, 0.5) is 0 Å². The van der Waals surface area contributed by atoms with Crippen molar-refractivity contribution >= 4 is 6.21 Å². The first kappa shape index (κ1) is 17.1. The van der Waals surface area contributed by atoms with Crippen LogP contribution in [0.1, 0.15) is 38.7 Å². The summed E-state index contributed by atoms with van der Waals surface area (Å²) in [6.45, 7) is 7.01. The van der Waals surface area contributed by atoms with Crippen LogP contribution in [0, 0.1) is 5.41 Å². The predicted octanol–water partition coefficient (Wildman–Crippen LogP) is 2.72. The predicted molar refractivity (Wildman–Crippen MR) is 94.9 cm³/mol. The molecule has 0 aromatic carbocycles. The lowest BCUT2D eigenvalue weighted by molar-refractivity contribution is 0.333.